The van der Waals surface area contributed by atoms with E-state index in [-0.39, 0.29) is 11.0 Å². The molecule has 0 bridgehead atoms. The highest BCUT2D eigenvalue weighted by Crippen LogP contribution is 2.75. The van der Waals surface area contributed by atoms with Crippen LogP contribution < -0.4 is 0 Å². The average Bonchev–Trinajstić information content (AvgIpc) is 2.67. The molecular formula is C17H18O3S. The summed E-state index contributed by atoms with van der Waals surface area (Å²) in [7, 11) is -3.63. The Morgan fingerprint density at radius 3 is 2.48 bits per heavy atom. The summed E-state index contributed by atoms with van der Waals surface area (Å²) in [5.74, 6) is 3.95. The lowest BCUT2D eigenvalue weighted by atomic mass is 9.44. The van der Waals surface area contributed by atoms with Crippen molar-refractivity contribution in [2.45, 2.75) is 24.3 Å². The second-order valence-electron chi connectivity index (χ2n) is 7.07. The molecule has 0 spiro atoms. The normalized spacial score (nSPS) is 45.1. The van der Waals surface area contributed by atoms with Gasteiger partial charge in [-0.2, -0.15) is 8.42 Å². The molecule has 0 amide bonds. The predicted octanol–water partition coefficient (Wildman–Crippen LogP) is 2.77. The van der Waals surface area contributed by atoms with Crippen molar-refractivity contribution in [3.05, 3.63) is 42.0 Å². The minimum Gasteiger partial charge on any atom is -0.263 e. The molecule has 3 saturated carbocycles. The molecule has 110 valence electrons. The summed E-state index contributed by atoms with van der Waals surface area (Å²) in [4.78, 5) is 0.281. The molecule has 5 rings (SSSR count). The smallest absolute Gasteiger partial charge is 0.263 e. The molecule has 21 heavy (non-hydrogen) atoms. The number of benzene rings is 1. The summed E-state index contributed by atoms with van der Waals surface area (Å²) in [6.45, 7) is 1.95. The van der Waals surface area contributed by atoms with Crippen LogP contribution in [0.1, 0.15) is 12.0 Å². The van der Waals surface area contributed by atoms with Gasteiger partial charge in [0.1, 0.15) is 0 Å². The second kappa shape index (κ2) is 3.79. The largest absolute Gasteiger partial charge is 0.297 e. The zero-order chi connectivity index (χ0) is 14.4. The van der Waals surface area contributed by atoms with Crippen LogP contribution in [0.2, 0.25) is 0 Å². The fourth-order valence-electron chi connectivity index (χ4n) is 5.41. The van der Waals surface area contributed by atoms with Crippen LogP contribution in [0.25, 0.3) is 0 Å². The van der Waals surface area contributed by atoms with Gasteiger partial charge < -0.3 is 0 Å². The lowest BCUT2D eigenvalue weighted by Gasteiger charge is -2.59. The van der Waals surface area contributed by atoms with Crippen molar-refractivity contribution >= 4 is 10.1 Å². The van der Waals surface area contributed by atoms with Crippen molar-refractivity contribution in [3.63, 3.8) is 0 Å². The van der Waals surface area contributed by atoms with E-state index < -0.39 is 10.1 Å². The molecule has 7 atom stereocenters. The first-order chi connectivity index (χ1) is 10.1. The Morgan fingerprint density at radius 2 is 1.71 bits per heavy atom. The lowest BCUT2D eigenvalue weighted by Crippen LogP contribution is -2.58. The molecule has 1 aromatic rings. The highest BCUT2D eigenvalue weighted by atomic mass is 32.2. The van der Waals surface area contributed by atoms with E-state index >= 15 is 0 Å². The number of allylic oxidation sites excluding steroid dienone is 2. The molecule has 0 N–H and O–H groups in total. The van der Waals surface area contributed by atoms with E-state index in [1.807, 2.05) is 19.1 Å². The first-order valence-corrected chi connectivity index (χ1v) is 9.15. The number of rotatable bonds is 3. The molecule has 4 aliphatic rings. The van der Waals surface area contributed by atoms with Gasteiger partial charge in [0.2, 0.25) is 0 Å². The SMILES string of the molecule is Cc1ccc(S(=O)(=O)O[C@@H]2C[C@@H]3[C@@H]4C=C[C@H]5[C@@H]4[C@@H]3[C@@H]52)cc1. The predicted molar refractivity (Wildman–Crippen MR) is 77.9 cm³/mol. The summed E-state index contributed by atoms with van der Waals surface area (Å²) in [5, 5.41) is 0. The Hall–Kier alpha value is -1.13. The molecule has 3 nitrogen and oxygen atoms in total. The van der Waals surface area contributed by atoms with E-state index in [0.29, 0.717) is 23.7 Å². The van der Waals surface area contributed by atoms with Gasteiger partial charge >= 0.3 is 0 Å². The zero-order valence-corrected chi connectivity index (χ0v) is 12.7. The number of hydrogen-bond acceptors (Lipinski definition) is 3. The third-order valence-electron chi connectivity index (χ3n) is 6.26. The highest BCUT2D eigenvalue weighted by molar-refractivity contribution is 7.86. The van der Waals surface area contributed by atoms with Crippen molar-refractivity contribution in [1.82, 2.24) is 0 Å². The Labute approximate surface area is 125 Å². The van der Waals surface area contributed by atoms with E-state index in [4.69, 9.17) is 4.18 Å². The van der Waals surface area contributed by atoms with E-state index in [9.17, 15) is 8.42 Å². The number of hydrogen-bond donors (Lipinski definition) is 0. The Balaban J connectivity index is 1.41. The van der Waals surface area contributed by atoms with Crippen LogP contribution in [0.15, 0.2) is 41.3 Å². The first kappa shape index (κ1) is 12.4. The quantitative estimate of drug-likeness (QED) is 0.637. The highest BCUT2D eigenvalue weighted by Gasteiger charge is 2.73. The molecule has 3 fully saturated rings. The first-order valence-electron chi connectivity index (χ1n) is 7.74. The lowest BCUT2D eigenvalue weighted by molar-refractivity contribution is -0.125. The van der Waals surface area contributed by atoms with E-state index in [0.717, 1.165) is 23.8 Å². The monoisotopic (exact) mass is 302 g/mol. The van der Waals surface area contributed by atoms with Gasteiger partial charge in [0, 0.05) is 0 Å². The van der Waals surface area contributed by atoms with Crippen molar-refractivity contribution < 1.29 is 12.6 Å². The average molecular weight is 302 g/mol. The van der Waals surface area contributed by atoms with E-state index in [2.05, 4.69) is 12.2 Å². The van der Waals surface area contributed by atoms with Gasteiger partial charge in [-0.1, -0.05) is 29.8 Å². The summed E-state index contributed by atoms with van der Waals surface area (Å²) in [6, 6.07) is 6.92. The number of fused-ring (bicyclic) bond motifs is 2. The molecule has 0 unspecified atom stereocenters. The van der Waals surface area contributed by atoms with Crippen LogP contribution >= 0.6 is 0 Å². The van der Waals surface area contributed by atoms with Gasteiger partial charge in [-0.3, -0.25) is 4.18 Å². The molecule has 1 aromatic carbocycles. The summed E-state index contributed by atoms with van der Waals surface area (Å²) < 4.78 is 30.6. The number of aryl methyl sites for hydroxylation is 1. The van der Waals surface area contributed by atoms with Crippen molar-refractivity contribution in [1.29, 1.82) is 0 Å². The zero-order valence-electron chi connectivity index (χ0n) is 11.8. The molecule has 0 aromatic heterocycles. The van der Waals surface area contributed by atoms with E-state index in [1.165, 1.54) is 0 Å². The Kier molecular flexibility index (Phi) is 2.24. The van der Waals surface area contributed by atoms with Gasteiger partial charge in [0.05, 0.1) is 11.0 Å². The molecule has 0 aliphatic heterocycles. The van der Waals surface area contributed by atoms with Crippen LogP contribution in [-0.4, -0.2) is 14.5 Å². The van der Waals surface area contributed by atoms with Gasteiger partial charge in [-0.15, -0.1) is 0 Å². The summed E-state index contributed by atoms with van der Waals surface area (Å²) >= 11 is 0. The minimum absolute atomic E-state index is 0.109. The molecule has 0 heterocycles. The topological polar surface area (TPSA) is 43.4 Å². The van der Waals surface area contributed by atoms with Crippen LogP contribution in [0.3, 0.4) is 0 Å². The van der Waals surface area contributed by atoms with Gasteiger partial charge in [0.25, 0.3) is 10.1 Å². The molecular weight excluding hydrogens is 284 g/mol. The van der Waals surface area contributed by atoms with Crippen LogP contribution in [-0.2, 0) is 14.3 Å². The van der Waals surface area contributed by atoms with E-state index in [1.54, 1.807) is 12.1 Å². The fourth-order valence-corrected chi connectivity index (χ4v) is 6.52. The van der Waals surface area contributed by atoms with Crippen molar-refractivity contribution in [2.24, 2.45) is 35.5 Å². The Morgan fingerprint density at radius 1 is 1.00 bits per heavy atom. The van der Waals surface area contributed by atoms with Crippen LogP contribution in [0.4, 0.5) is 0 Å². The molecule has 0 saturated heterocycles. The van der Waals surface area contributed by atoms with Gasteiger partial charge in [0.15, 0.2) is 0 Å². The molecule has 0 radical (unpaired) electrons. The van der Waals surface area contributed by atoms with Gasteiger partial charge in [-0.25, -0.2) is 0 Å². The van der Waals surface area contributed by atoms with Crippen molar-refractivity contribution in [3.8, 4) is 0 Å². The summed E-state index contributed by atoms with van der Waals surface area (Å²) in [6.07, 6.45) is 5.48. The third-order valence-corrected chi connectivity index (χ3v) is 7.61. The molecule has 4 aliphatic carbocycles. The maximum absolute atomic E-state index is 12.5. The fraction of sp³-hybridized carbons (Fsp3) is 0.529. The summed E-state index contributed by atoms with van der Waals surface area (Å²) in [5.41, 5.74) is 1.05. The van der Waals surface area contributed by atoms with Gasteiger partial charge in [-0.05, 0) is 61.0 Å². The standard InChI is InChI=1S/C17H18O3S/c1-9-2-4-10(5-3-9)21(18,19)20-14-8-13-11-6-7-12-15(11)17(13)16(12)14/h2-7,11-17H,8H2,1H3/t11-,12-,13+,14+,15+,16-,17+/m0/s1. The second-order valence-corrected chi connectivity index (χ2v) is 8.65. The maximum Gasteiger partial charge on any atom is 0.297 e. The minimum atomic E-state index is -3.63. The van der Waals surface area contributed by atoms with Crippen LogP contribution in [0, 0.1) is 42.4 Å². The Bertz CT molecular complexity index is 734. The van der Waals surface area contributed by atoms with Crippen LogP contribution in [0.5, 0.6) is 0 Å². The third kappa shape index (κ3) is 1.45. The maximum atomic E-state index is 12.5. The molecule has 4 heteroatoms. The van der Waals surface area contributed by atoms with Crippen molar-refractivity contribution in [2.75, 3.05) is 0 Å².